The Morgan fingerprint density at radius 1 is 0.978 bits per heavy atom. The molecule has 232 valence electrons. The van der Waals surface area contributed by atoms with E-state index in [4.69, 9.17) is 21.7 Å². The number of aromatic nitrogens is 1. The van der Waals surface area contributed by atoms with E-state index < -0.39 is 17.9 Å². The second kappa shape index (κ2) is 13.7. The molecule has 0 radical (unpaired) electrons. The van der Waals surface area contributed by atoms with Crippen LogP contribution in [0.4, 0.5) is 0 Å². The quantitative estimate of drug-likeness (QED) is 0.0783. The summed E-state index contributed by atoms with van der Waals surface area (Å²) in [5, 5.41) is 14.2. The number of hydrazone groups is 1. The molecule has 1 amide bonds. The predicted molar refractivity (Wildman–Crippen MR) is 184 cm³/mol. The summed E-state index contributed by atoms with van der Waals surface area (Å²) in [4.78, 5) is 25.6. The first-order valence-electron chi connectivity index (χ1n) is 15.0. The molecule has 1 aromatic heterocycles. The van der Waals surface area contributed by atoms with Crippen molar-refractivity contribution in [2.45, 2.75) is 26.4 Å². The van der Waals surface area contributed by atoms with Crippen LogP contribution in [0.3, 0.4) is 0 Å². The Morgan fingerprint density at radius 2 is 1.72 bits per heavy atom. The molecule has 1 atom stereocenters. The minimum absolute atomic E-state index is 0.232. The van der Waals surface area contributed by atoms with E-state index in [2.05, 4.69) is 68.2 Å². The number of rotatable bonds is 10. The zero-order valence-corrected chi connectivity index (χ0v) is 26.3. The van der Waals surface area contributed by atoms with E-state index in [9.17, 15) is 9.59 Å². The Kier molecular flexibility index (Phi) is 9.07. The monoisotopic (exact) mass is 631 g/mol. The second-order valence-corrected chi connectivity index (χ2v) is 11.2. The fraction of sp³-hybridized carbons (Fsp3) is 0.167. The number of hydrogen-bond donors (Lipinski definition) is 3. The number of benzene rings is 4. The molecule has 6 rings (SSSR count). The van der Waals surface area contributed by atoms with Gasteiger partial charge in [0.1, 0.15) is 5.75 Å². The number of allylic oxidation sites excluding steroid dienone is 1. The lowest BCUT2D eigenvalue weighted by Gasteiger charge is -2.30. The van der Waals surface area contributed by atoms with Gasteiger partial charge in [-0.2, -0.15) is 5.10 Å². The van der Waals surface area contributed by atoms with Crippen molar-refractivity contribution in [3.63, 3.8) is 0 Å². The molecule has 1 aliphatic rings. The van der Waals surface area contributed by atoms with Crippen LogP contribution in [-0.4, -0.2) is 41.0 Å². The van der Waals surface area contributed by atoms with E-state index in [0.29, 0.717) is 34.2 Å². The maximum Gasteiger partial charge on any atom is 0.338 e. The van der Waals surface area contributed by atoms with Crippen LogP contribution in [0.25, 0.3) is 21.7 Å². The van der Waals surface area contributed by atoms with Gasteiger partial charge in [0.05, 0.1) is 24.4 Å². The number of carbonyl (C=O) groups excluding carboxylic acids is 2. The molecule has 0 saturated carbocycles. The molecule has 9 nitrogen and oxygen atoms in total. The summed E-state index contributed by atoms with van der Waals surface area (Å²) in [6.45, 7) is 4.15. The van der Waals surface area contributed by atoms with Crippen LogP contribution >= 0.6 is 12.2 Å². The van der Waals surface area contributed by atoms with Crippen molar-refractivity contribution < 1.29 is 19.1 Å². The fourth-order valence-corrected chi connectivity index (χ4v) is 6.00. The Morgan fingerprint density at radius 3 is 2.57 bits per heavy atom. The van der Waals surface area contributed by atoms with Gasteiger partial charge in [-0.25, -0.2) is 10.2 Å². The van der Waals surface area contributed by atoms with Gasteiger partial charge >= 0.3 is 5.97 Å². The number of fused-ring (bicyclic) bond motifs is 2. The molecule has 46 heavy (non-hydrogen) atoms. The van der Waals surface area contributed by atoms with Crippen LogP contribution in [-0.2, 0) is 20.9 Å². The van der Waals surface area contributed by atoms with Crippen LogP contribution in [0.1, 0.15) is 36.6 Å². The molecule has 4 aromatic carbocycles. The van der Waals surface area contributed by atoms with Crippen molar-refractivity contribution in [1.82, 2.24) is 20.6 Å². The van der Waals surface area contributed by atoms with Gasteiger partial charge in [0, 0.05) is 40.5 Å². The average Bonchev–Trinajstić information content (AvgIpc) is 3.40. The lowest BCUT2D eigenvalue weighted by atomic mass is 9.95. The number of para-hydroxylation sites is 2. The SMILES string of the molecule is CCOC(=O)C1=C(C)NC(=S)N[C@H]1c1ccccc1OCC(=O)NN=Cc1cn(Cc2cccc3ccccc23)c2ccccc12. The van der Waals surface area contributed by atoms with Crippen LogP contribution in [0.15, 0.2) is 114 Å². The standard InChI is InChI=1S/C36H33N5O4S/c1-3-44-35(43)33-23(2)38-36(46)39-34(33)29-16-7-9-18-31(29)45-22-32(42)40-37-19-26-21-41(30-17-8-6-15-28(26)30)20-25-13-10-12-24-11-4-5-14-27(24)25/h4-19,21,34H,3,20,22H2,1-2H3,(H,40,42)(H2,38,39,46)/t34-/m0/s1. The number of thiocarbonyl (C=S) groups is 1. The molecular weight excluding hydrogens is 598 g/mol. The van der Waals surface area contributed by atoms with E-state index in [1.807, 2.05) is 42.6 Å². The summed E-state index contributed by atoms with van der Waals surface area (Å²) in [5.41, 5.74) is 7.36. The van der Waals surface area contributed by atoms with Crippen LogP contribution < -0.4 is 20.8 Å². The normalized spacial score (nSPS) is 14.7. The third-order valence-corrected chi connectivity index (χ3v) is 8.01. The Labute approximate surface area is 271 Å². The van der Waals surface area contributed by atoms with E-state index >= 15 is 0 Å². The highest BCUT2D eigenvalue weighted by molar-refractivity contribution is 7.80. The van der Waals surface area contributed by atoms with Gasteiger partial charge < -0.3 is 24.7 Å². The predicted octanol–water partition coefficient (Wildman–Crippen LogP) is 5.73. The molecule has 0 aliphatic carbocycles. The van der Waals surface area contributed by atoms with Crippen molar-refractivity contribution in [3.05, 3.63) is 125 Å². The third-order valence-electron chi connectivity index (χ3n) is 7.79. The van der Waals surface area contributed by atoms with Gasteiger partial charge in [-0.05, 0) is 54.5 Å². The smallest absolute Gasteiger partial charge is 0.338 e. The third kappa shape index (κ3) is 6.47. The number of nitrogens with one attached hydrogen (secondary N) is 3. The van der Waals surface area contributed by atoms with Crippen LogP contribution in [0, 0.1) is 0 Å². The molecule has 3 N–H and O–H groups in total. The first-order chi connectivity index (χ1) is 22.4. The molecule has 2 heterocycles. The highest BCUT2D eigenvalue weighted by atomic mass is 32.1. The van der Waals surface area contributed by atoms with Gasteiger partial charge in [0.15, 0.2) is 11.7 Å². The zero-order chi connectivity index (χ0) is 32.0. The molecule has 0 saturated heterocycles. The van der Waals surface area contributed by atoms with Gasteiger partial charge in [0.25, 0.3) is 5.91 Å². The van der Waals surface area contributed by atoms with E-state index in [1.54, 1.807) is 32.2 Å². The number of hydrogen-bond acceptors (Lipinski definition) is 6. The number of carbonyl (C=O) groups is 2. The van der Waals surface area contributed by atoms with Crippen molar-refractivity contribution in [3.8, 4) is 5.75 Å². The van der Waals surface area contributed by atoms with Gasteiger partial charge in [-0.1, -0.05) is 78.9 Å². The highest BCUT2D eigenvalue weighted by Crippen LogP contribution is 2.33. The molecule has 0 bridgehead atoms. The fourth-order valence-electron chi connectivity index (χ4n) is 5.73. The summed E-state index contributed by atoms with van der Waals surface area (Å²) in [6.07, 6.45) is 3.69. The lowest BCUT2D eigenvalue weighted by Crippen LogP contribution is -2.45. The van der Waals surface area contributed by atoms with Crippen molar-refractivity contribution in [2.24, 2.45) is 5.10 Å². The maximum atomic E-state index is 12.8. The van der Waals surface area contributed by atoms with Gasteiger partial charge in [0.2, 0.25) is 0 Å². The molecule has 10 heteroatoms. The molecule has 0 fully saturated rings. The van der Waals surface area contributed by atoms with E-state index in [-0.39, 0.29) is 13.2 Å². The minimum atomic E-state index is -0.615. The summed E-state index contributed by atoms with van der Waals surface area (Å²) >= 11 is 5.35. The maximum absolute atomic E-state index is 12.8. The molecular formula is C36H33N5O4S. The van der Waals surface area contributed by atoms with Crippen LogP contribution in [0.2, 0.25) is 0 Å². The topological polar surface area (TPSA) is 106 Å². The number of nitrogens with zero attached hydrogens (tertiary/aromatic N) is 2. The van der Waals surface area contributed by atoms with Crippen molar-refractivity contribution in [2.75, 3.05) is 13.2 Å². The van der Waals surface area contributed by atoms with E-state index in [1.165, 1.54) is 16.3 Å². The highest BCUT2D eigenvalue weighted by Gasteiger charge is 2.32. The molecule has 0 unspecified atom stereocenters. The van der Waals surface area contributed by atoms with Gasteiger partial charge in [-0.3, -0.25) is 4.79 Å². The number of ether oxygens (including phenoxy) is 2. The van der Waals surface area contributed by atoms with Crippen molar-refractivity contribution in [1.29, 1.82) is 0 Å². The lowest BCUT2D eigenvalue weighted by molar-refractivity contribution is -0.139. The average molecular weight is 632 g/mol. The molecule has 0 spiro atoms. The second-order valence-electron chi connectivity index (χ2n) is 10.8. The van der Waals surface area contributed by atoms with Gasteiger partial charge in [-0.15, -0.1) is 0 Å². The Bertz CT molecular complexity index is 2010. The summed E-state index contributed by atoms with van der Waals surface area (Å²) < 4.78 is 13.4. The molecule has 1 aliphatic heterocycles. The molecule has 5 aromatic rings. The summed E-state index contributed by atoms with van der Waals surface area (Å²) in [7, 11) is 0. The summed E-state index contributed by atoms with van der Waals surface area (Å²) in [5.74, 6) is -0.473. The summed E-state index contributed by atoms with van der Waals surface area (Å²) in [6, 6.07) is 29.4. The zero-order valence-electron chi connectivity index (χ0n) is 25.4. The van der Waals surface area contributed by atoms with Crippen LogP contribution in [0.5, 0.6) is 5.75 Å². The minimum Gasteiger partial charge on any atom is -0.483 e. The van der Waals surface area contributed by atoms with E-state index in [0.717, 1.165) is 16.5 Å². The Hall–Kier alpha value is -5.48. The largest absolute Gasteiger partial charge is 0.483 e. The Balaban J connectivity index is 1.15. The number of esters is 1. The van der Waals surface area contributed by atoms with Crippen molar-refractivity contribution >= 4 is 57.1 Å². The first kappa shape index (κ1) is 30.5. The first-order valence-corrected chi connectivity index (χ1v) is 15.4. The number of amides is 1.